The summed E-state index contributed by atoms with van der Waals surface area (Å²) in [6, 6.07) is 15.7. The van der Waals surface area contributed by atoms with Crippen molar-refractivity contribution in [3.63, 3.8) is 0 Å². The fourth-order valence-electron chi connectivity index (χ4n) is 5.08. The Bertz CT molecular complexity index is 1470. The highest BCUT2D eigenvalue weighted by molar-refractivity contribution is 6.30. The zero-order valence-corrected chi connectivity index (χ0v) is 23.3. The largest absolute Gasteiger partial charge is 0.416 e. The van der Waals surface area contributed by atoms with Gasteiger partial charge in [0.15, 0.2) is 0 Å². The van der Waals surface area contributed by atoms with E-state index in [-0.39, 0.29) is 17.5 Å². The van der Waals surface area contributed by atoms with Crippen LogP contribution in [0.3, 0.4) is 0 Å². The minimum atomic E-state index is -4.51. The lowest BCUT2D eigenvalue weighted by Crippen LogP contribution is -2.50. The second-order valence-electron chi connectivity index (χ2n) is 10.2. The minimum absolute atomic E-state index is 0.0620. The van der Waals surface area contributed by atoms with E-state index in [0.717, 1.165) is 25.0 Å². The highest BCUT2D eigenvalue weighted by Crippen LogP contribution is 2.31. The van der Waals surface area contributed by atoms with Gasteiger partial charge in [0.25, 0.3) is 11.8 Å². The van der Waals surface area contributed by atoms with Crippen LogP contribution in [0.25, 0.3) is 0 Å². The first-order chi connectivity index (χ1) is 20.1. The Labute approximate surface area is 246 Å². The Hall–Kier alpha value is -4.25. The predicted octanol–water partition coefficient (Wildman–Crippen LogP) is 6.20. The van der Waals surface area contributed by atoms with Crippen molar-refractivity contribution in [3.05, 3.63) is 88.4 Å². The van der Waals surface area contributed by atoms with Crippen LogP contribution in [0.2, 0.25) is 5.02 Å². The molecule has 0 spiro atoms. The van der Waals surface area contributed by atoms with Crippen LogP contribution < -0.4 is 15.5 Å². The third-order valence-electron chi connectivity index (χ3n) is 7.33. The molecule has 220 valence electrons. The van der Waals surface area contributed by atoms with Gasteiger partial charge in [-0.25, -0.2) is 4.79 Å². The summed E-state index contributed by atoms with van der Waals surface area (Å²) in [6.45, 7) is 2.74. The lowest BCUT2D eigenvalue weighted by molar-refractivity contribution is -0.137. The Balaban J connectivity index is 1.29. The molecule has 2 aliphatic rings. The summed E-state index contributed by atoms with van der Waals surface area (Å²) < 4.78 is 39.1. The molecule has 5 rings (SSSR count). The third-order valence-corrected chi connectivity index (χ3v) is 7.59. The van der Waals surface area contributed by atoms with E-state index < -0.39 is 17.8 Å². The molecule has 42 heavy (non-hydrogen) atoms. The van der Waals surface area contributed by atoms with E-state index in [1.807, 2.05) is 4.90 Å². The minimum Gasteiger partial charge on any atom is -0.367 e. The van der Waals surface area contributed by atoms with Crippen molar-refractivity contribution in [3.8, 4) is 0 Å². The summed E-state index contributed by atoms with van der Waals surface area (Å²) >= 11 is 5.93. The van der Waals surface area contributed by atoms with E-state index in [1.54, 1.807) is 47.4 Å². The maximum atomic E-state index is 13.5. The van der Waals surface area contributed by atoms with Crippen LogP contribution in [0, 0.1) is 0 Å². The number of carbonyl (C=O) groups is 3. The molecular weight excluding hydrogens is 571 g/mol. The van der Waals surface area contributed by atoms with Crippen LogP contribution in [0.5, 0.6) is 0 Å². The van der Waals surface area contributed by atoms with E-state index in [0.29, 0.717) is 66.8 Å². The van der Waals surface area contributed by atoms with Crippen LogP contribution in [-0.2, 0) is 6.18 Å². The van der Waals surface area contributed by atoms with Crippen molar-refractivity contribution in [1.82, 2.24) is 9.80 Å². The van der Waals surface area contributed by atoms with Gasteiger partial charge in [-0.2, -0.15) is 13.2 Å². The van der Waals surface area contributed by atoms with E-state index in [4.69, 9.17) is 11.6 Å². The molecular formula is C30H29ClF3N5O3. The van der Waals surface area contributed by atoms with Crippen molar-refractivity contribution in [2.45, 2.75) is 19.0 Å². The van der Waals surface area contributed by atoms with Gasteiger partial charge in [-0.05, 0) is 73.5 Å². The number of benzene rings is 3. The number of urea groups is 1. The summed E-state index contributed by atoms with van der Waals surface area (Å²) in [5.41, 5.74) is 1.26. The first-order valence-corrected chi connectivity index (χ1v) is 13.9. The first-order valence-electron chi connectivity index (χ1n) is 13.6. The second-order valence-corrected chi connectivity index (χ2v) is 10.6. The molecule has 3 aromatic carbocycles. The second kappa shape index (κ2) is 12.3. The number of alkyl halides is 3. The maximum absolute atomic E-state index is 13.5. The monoisotopic (exact) mass is 599 g/mol. The molecule has 2 N–H and O–H groups in total. The molecule has 2 heterocycles. The lowest BCUT2D eigenvalue weighted by atomic mass is 10.1. The van der Waals surface area contributed by atoms with Crippen molar-refractivity contribution < 1.29 is 27.6 Å². The third kappa shape index (κ3) is 6.79. The quantitative estimate of drug-likeness (QED) is 0.366. The summed E-state index contributed by atoms with van der Waals surface area (Å²) in [5.74, 6) is -0.464. The molecule has 0 aromatic heterocycles. The molecule has 8 nitrogen and oxygen atoms in total. The number of anilines is 3. The zero-order valence-electron chi connectivity index (χ0n) is 22.6. The van der Waals surface area contributed by atoms with Crippen molar-refractivity contribution in [1.29, 1.82) is 0 Å². The number of piperazine rings is 1. The van der Waals surface area contributed by atoms with Gasteiger partial charge in [-0.3, -0.25) is 9.59 Å². The van der Waals surface area contributed by atoms with Gasteiger partial charge in [-0.15, -0.1) is 0 Å². The number of rotatable bonds is 5. The predicted molar refractivity (Wildman–Crippen MR) is 155 cm³/mol. The number of hydrogen-bond donors (Lipinski definition) is 2. The van der Waals surface area contributed by atoms with E-state index >= 15 is 0 Å². The summed E-state index contributed by atoms with van der Waals surface area (Å²) in [4.78, 5) is 44.5. The van der Waals surface area contributed by atoms with Crippen molar-refractivity contribution in [2.24, 2.45) is 0 Å². The average Bonchev–Trinajstić information content (AvgIpc) is 3.52. The fourth-order valence-corrected chi connectivity index (χ4v) is 5.21. The Morgan fingerprint density at radius 3 is 2.07 bits per heavy atom. The molecule has 2 aliphatic heterocycles. The molecule has 0 bridgehead atoms. The Morgan fingerprint density at radius 2 is 1.40 bits per heavy atom. The lowest BCUT2D eigenvalue weighted by Gasteiger charge is -2.37. The number of halogens is 4. The molecule has 2 saturated heterocycles. The zero-order chi connectivity index (χ0) is 29.9. The fraction of sp³-hybridized carbons (Fsp3) is 0.300. The molecule has 0 saturated carbocycles. The number of amides is 4. The standard InChI is InChI=1S/C30H29ClF3N5O3/c31-22-8-6-20(7-9-22)27(40)35-24-10-11-26(25(19-24)28(41)38-12-1-2-13-38)37-14-16-39(17-15-37)29(42)36-23-5-3-4-21(18-23)30(32,33)34/h3-11,18-19H,1-2,12-17H2,(H,35,40)(H,36,42). The van der Waals surface area contributed by atoms with Crippen LogP contribution >= 0.6 is 11.6 Å². The van der Waals surface area contributed by atoms with Gasteiger partial charge in [0.2, 0.25) is 0 Å². The number of nitrogens with one attached hydrogen (secondary N) is 2. The maximum Gasteiger partial charge on any atom is 0.416 e. The smallest absolute Gasteiger partial charge is 0.367 e. The highest BCUT2D eigenvalue weighted by Gasteiger charge is 2.31. The van der Waals surface area contributed by atoms with Gasteiger partial charge < -0.3 is 25.3 Å². The number of hydrogen-bond acceptors (Lipinski definition) is 4. The summed E-state index contributed by atoms with van der Waals surface area (Å²) in [6.07, 6.45) is -2.66. The summed E-state index contributed by atoms with van der Waals surface area (Å²) in [7, 11) is 0. The Kier molecular flexibility index (Phi) is 8.58. The first kappa shape index (κ1) is 29.2. The number of likely N-dealkylation sites (tertiary alicyclic amines) is 1. The van der Waals surface area contributed by atoms with E-state index in [2.05, 4.69) is 10.6 Å². The number of carbonyl (C=O) groups excluding carboxylic acids is 3. The average molecular weight is 600 g/mol. The van der Waals surface area contributed by atoms with Crippen LogP contribution in [-0.4, -0.2) is 66.9 Å². The number of nitrogens with zero attached hydrogens (tertiary/aromatic N) is 3. The van der Waals surface area contributed by atoms with Crippen molar-refractivity contribution in [2.75, 3.05) is 54.8 Å². The van der Waals surface area contributed by atoms with Crippen LogP contribution in [0.4, 0.5) is 35.0 Å². The topological polar surface area (TPSA) is 85.0 Å². The Morgan fingerprint density at radius 1 is 0.738 bits per heavy atom. The van der Waals surface area contributed by atoms with E-state index in [9.17, 15) is 27.6 Å². The molecule has 4 amide bonds. The molecule has 0 unspecified atom stereocenters. The van der Waals surface area contributed by atoms with Gasteiger partial charge in [-0.1, -0.05) is 17.7 Å². The van der Waals surface area contributed by atoms with Gasteiger partial charge in [0.05, 0.1) is 11.1 Å². The molecule has 0 radical (unpaired) electrons. The molecule has 3 aromatic rings. The summed E-state index contributed by atoms with van der Waals surface area (Å²) in [5, 5.41) is 5.91. The SMILES string of the molecule is O=C(Nc1ccc(N2CCN(C(=O)Nc3cccc(C(F)(F)F)c3)CC2)c(C(=O)N2CCCC2)c1)c1ccc(Cl)cc1. The van der Waals surface area contributed by atoms with Crippen LogP contribution in [0.1, 0.15) is 39.1 Å². The molecule has 2 fully saturated rings. The van der Waals surface area contributed by atoms with Gasteiger partial charge in [0, 0.05) is 66.9 Å². The van der Waals surface area contributed by atoms with Crippen molar-refractivity contribution >= 4 is 46.5 Å². The molecule has 0 aliphatic carbocycles. The van der Waals surface area contributed by atoms with Gasteiger partial charge >= 0.3 is 12.2 Å². The molecule has 12 heteroatoms. The molecule has 0 atom stereocenters. The van der Waals surface area contributed by atoms with Crippen LogP contribution in [0.15, 0.2) is 66.7 Å². The van der Waals surface area contributed by atoms with Gasteiger partial charge in [0.1, 0.15) is 0 Å². The van der Waals surface area contributed by atoms with E-state index in [1.165, 1.54) is 17.0 Å². The normalized spacial score (nSPS) is 15.5. The highest BCUT2D eigenvalue weighted by atomic mass is 35.5.